The van der Waals surface area contributed by atoms with E-state index in [1.54, 1.807) is 16.7 Å². The summed E-state index contributed by atoms with van der Waals surface area (Å²) in [6.45, 7) is 6.49. The maximum atomic E-state index is 14.7. The maximum Gasteiger partial charge on any atom is 0.416 e. The SMILES string of the molecule is Cc1[nH]c2ccccc2c1C1C(CC(=O)N(Cc2ccc(C(F)(F)F)cc2)C2(C(=O)Nc3ccc(N(C)C)cc3)CCSCC2)C1(C)C. The number of H-pyrrole nitrogens is 1. The minimum atomic E-state index is -4.47. The van der Waals surface area contributed by atoms with Gasteiger partial charge < -0.3 is 20.1 Å². The molecule has 2 N–H and O–H groups in total. The zero-order valence-corrected chi connectivity index (χ0v) is 28.9. The molecule has 1 aliphatic carbocycles. The number of thioether (sulfide) groups is 1. The number of fused-ring (bicyclic) bond motifs is 1. The molecule has 1 aliphatic heterocycles. The number of alkyl halides is 3. The molecular weight excluding hydrogens is 634 g/mol. The van der Waals surface area contributed by atoms with Gasteiger partial charge in [-0.3, -0.25) is 9.59 Å². The molecule has 6 rings (SSSR count). The number of carbonyl (C=O) groups excluding carboxylic acids is 2. The van der Waals surface area contributed by atoms with Gasteiger partial charge in [0.1, 0.15) is 5.54 Å². The smallest absolute Gasteiger partial charge is 0.378 e. The highest BCUT2D eigenvalue weighted by molar-refractivity contribution is 7.99. The molecule has 2 aliphatic rings. The number of amides is 2. The summed E-state index contributed by atoms with van der Waals surface area (Å²) < 4.78 is 40.3. The molecule has 1 saturated heterocycles. The van der Waals surface area contributed by atoms with E-state index in [0.29, 0.717) is 35.6 Å². The normalized spacial score (nSPS) is 19.9. The van der Waals surface area contributed by atoms with Gasteiger partial charge in [0, 0.05) is 55.0 Å². The average Bonchev–Trinajstić information content (AvgIpc) is 3.40. The third-order valence-corrected chi connectivity index (χ3v) is 11.5. The van der Waals surface area contributed by atoms with Crippen molar-refractivity contribution in [3.8, 4) is 0 Å². The van der Waals surface area contributed by atoms with E-state index < -0.39 is 17.3 Å². The Morgan fingerprint density at radius 3 is 2.23 bits per heavy atom. The maximum absolute atomic E-state index is 14.7. The van der Waals surface area contributed by atoms with E-state index in [9.17, 15) is 22.8 Å². The molecule has 254 valence electrons. The Balaban J connectivity index is 1.34. The van der Waals surface area contributed by atoms with Crippen LogP contribution < -0.4 is 10.2 Å². The first-order valence-corrected chi connectivity index (χ1v) is 17.6. The number of nitrogens with zero attached hydrogens (tertiary/aromatic N) is 2. The molecule has 0 bridgehead atoms. The molecule has 1 aromatic heterocycles. The number of nitrogens with one attached hydrogen (secondary N) is 2. The highest BCUT2D eigenvalue weighted by Crippen LogP contribution is 2.67. The second-order valence-electron chi connectivity index (χ2n) is 14.0. The van der Waals surface area contributed by atoms with Crippen LogP contribution >= 0.6 is 11.8 Å². The Labute approximate surface area is 284 Å². The van der Waals surface area contributed by atoms with Gasteiger partial charge >= 0.3 is 6.18 Å². The molecule has 0 spiro atoms. The Kier molecular flexibility index (Phi) is 9.08. The van der Waals surface area contributed by atoms with E-state index in [2.05, 4.69) is 43.2 Å². The predicted octanol–water partition coefficient (Wildman–Crippen LogP) is 8.62. The highest BCUT2D eigenvalue weighted by Gasteiger charge is 2.60. The molecule has 4 aromatic rings. The minimum absolute atomic E-state index is 0.0367. The van der Waals surface area contributed by atoms with Crippen LogP contribution in [0.5, 0.6) is 0 Å². The molecule has 2 fully saturated rings. The molecule has 1 saturated carbocycles. The van der Waals surface area contributed by atoms with Crippen molar-refractivity contribution in [2.45, 2.75) is 64.2 Å². The molecular formula is C38H43F3N4O2S. The molecule has 2 heterocycles. The van der Waals surface area contributed by atoms with Crippen molar-refractivity contribution in [3.63, 3.8) is 0 Å². The van der Waals surface area contributed by atoms with Gasteiger partial charge in [-0.2, -0.15) is 24.9 Å². The largest absolute Gasteiger partial charge is 0.416 e. The van der Waals surface area contributed by atoms with Crippen LogP contribution in [0.2, 0.25) is 0 Å². The number of aromatic amines is 1. The van der Waals surface area contributed by atoms with Gasteiger partial charge in [-0.1, -0.05) is 44.2 Å². The average molecular weight is 677 g/mol. The number of benzene rings is 3. The Bertz CT molecular complexity index is 1790. The summed E-state index contributed by atoms with van der Waals surface area (Å²) in [4.78, 5) is 36.3. The lowest BCUT2D eigenvalue weighted by molar-refractivity contribution is -0.147. The lowest BCUT2D eigenvalue weighted by Crippen LogP contribution is -2.60. The van der Waals surface area contributed by atoms with E-state index >= 15 is 0 Å². The van der Waals surface area contributed by atoms with Crippen LogP contribution in [-0.2, 0) is 22.3 Å². The topological polar surface area (TPSA) is 68.4 Å². The van der Waals surface area contributed by atoms with Crippen LogP contribution in [0, 0.1) is 18.3 Å². The highest BCUT2D eigenvalue weighted by atomic mass is 32.2. The summed E-state index contributed by atoms with van der Waals surface area (Å²) in [5, 5.41) is 4.26. The van der Waals surface area contributed by atoms with E-state index in [-0.39, 0.29) is 42.0 Å². The number of para-hydroxylation sites is 1. The van der Waals surface area contributed by atoms with Crippen molar-refractivity contribution >= 4 is 45.9 Å². The Morgan fingerprint density at radius 1 is 0.958 bits per heavy atom. The second-order valence-corrected chi connectivity index (χ2v) is 15.3. The third-order valence-electron chi connectivity index (χ3n) is 10.5. The summed E-state index contributed by atoms with van der Waals surface area (Å²) in [6.07, 6.45) is -3.34. The minimum Gasteiger partial charge on any atom is -0.378 e. The van der Waals surface area contributed by atoms with Crippen LogP contribution in [0.15, 0.2) is 72.8 Å². The van der Waals surface area contributed by atoms with Crippen LogP contribution in [0.1, 0.15) is 61.4 Å². The number of anilines is 2. The first-order chi connectivity index (χ1) is 22.7. The van der Waals surface area contributed by atoms with E-state index in [0.717, 1.165) is 34.4 Å². The standard InChI is InChI=1S/C38H43F3N4O2S/c1-24-33(29-8-6-7-9-31(29)42-24)34-30(36(34,2)3)22-32(46)45(23-25-10-12-26(13-11-25)38(39,40)41)37(18-20-48-21-19-37)35(47)43-27-14-16-28(17-15-27)44(4)5/h6-17,30,34,42H,18-23H2,1-5H3,(H,43,47). The Hall–Kier alpha value is -3.92. The Morgan fingerprint density at radius 2 is 1.60 bits per heavy atom. The van der Waals surface area contributed by atoms with Crippen LogP contribution in [0.25, 0.3) is 10.9 Å². The first kappa shape index (κ1) is 34.0. The van der Waals surface area contributed by atoms with Gasteiger partial charge in [-0.15, -0.1) is 0 Å². The van der Waals surface area contributed by atoms with Crippen molar-refractivity contribution in [3.05, 3.63) is 95.2 Å². The van der Waals surface area contributed by atoms with Crippen molar-refractivity contribution < 1.29 is 22.8 Å². The summed E-state index contributed by atoms with van der Waals surface area (Å²) >= 11 is 1.74. The van der Waals surface area contributed by atoms with Crippen molar-refractivity contribution in [1.82, 2.24) is 9.88 Å². The molecule has 10 heteroatoms. The lowest BCUT2D eigenvalue weighted by atomic mass is 9.87. The summed E-state index contributed by atoms with van der Waals surface area (Å²) in [5.74, 6) is 1.14. The van der Waals surface area contributed by atoms with Gasteiger partial charge in [-0.25, -0.2) is 0 Å². The number of aryl methyl sites for hydroxylation is 1. The molecule has 2 amide bonds. The summed E-state index contributed by atoms with van der Waals surface area (Å²) in [7, 11) is 3.89. The van der Waals surface area contributed by atoms with Crippen molar-refractivity contribution in [2.75, 3.05) is 35.8 Å². The van der Waals surface area contributed by atoms with Crippen LogP contribution in [0.4, 0.5) is 24.5 Å². The number of halogens is 3. The second kappa shape index (κ2) is 12.8. The number of hydrogen-bond donors (Lipinski definition) is 2. The molecule has 48 heavy (non-hydrogen) atoms. The number of carbonyl (C=O) groups is 2. The van der Waals surface area contributed by atoms with E-state index in [1.807, 2.05) is 55.4 Å². The van der Waals surface area contributed by atoms with Gasteiger partial charge in [0.25, 0.3) is 0 Å². The van der Waals surface area contributed by atoms with Crippen molar-refractivity contribution in [2.24, 2.45) is 11.3 Å². The van der Waals surface area contributed by atoms with Crippen LogP contribution in [0.3, 0.4) is 0 Å². The fourth-order valence-electron chi connectivity index (χ4n) is 7.57. The number of aromatic nitrogens is 1. The molecule has 2 atom stereocenters. The van der Waals surface area contributed by atoms with Gasteiger partial charge in [0.05, 0.1) is 5.56 Å². The fraction of sp³-hybridized carbons (Fsp3) is 0.421. The van der Waals surface area contributed by atoms with Gasteiger partial charge in [-0.05, 0) is 102 Å². The van der Waals surface area contributed by atoms with E-state index in [4.69, 9.17) is 0 Å². The number of rotatable bonds is 9. The summed E-state index contributed by atoms with van der Waals surface area (Å²) in [6, 6.07) is 20.7. The molecule has 0 radical (unpaired) electrons. The zero-order valence-electron chi connectivity index (χ0n) is 28.1. The molecule has 2 unspecified atom stereocenters. The third kappa shape index (κ3) is 6.43. The molecule has 3 aromatic carbocycles. The van der Waals surface area contributed by atoms with Crippen molar-refractivity contribution in [1.29, 1.82) is 0 Å². The zero-order chi connectivity index (χ0) is 34.4. The monoisotopic (exact) mass is 676 g/mol. The lowest BCUT2D eigenvalue weighted by Gasteiger charge is -2.45. The first-order valence-electron chi connectivity index (χ1n) is 16.4. The van der Waals surface area contributed by atoms with E-state index in [1.165, 1.54) is 17.7 Å². The quantitative estimate of drug-likeness (QED) is 0.186. The molecule has 6 nitrogen and oxygen atoms in total. The van der Waals surface area contributed by atoms with Gasteiger partial charge in [0.2, 0.25) is 11.8 Å². The summed E-state index contributed by atoms with van der Waals surface area (Å²) in [5.41, 5.74) is 3.49. The number of hydrogen-bond acceptors (Lipinski definition) is 4. The fourth-order valence-corrected chi connectivity index (χ4v) is 8.74. The van der Waals surface area contributed by atoms with Crippen LogP contribution in [-0.4, -0.2) is 52.8 Å². The van der Waals surface area contributed by atoms with Gasteiger partial charge in [0.15, 0.2) is 0 Å². The predicted molar refractivity (Wildman–Crippen MR) is 188 cm³/mol.